The fraction of sp³-hybridized carbons (Fsp3) is 0.200. The Morgan fingerprint density at radius 2 is 1.83 bits per heavy atom. The maximum atomic E-state index is 13.9. The van der Waals surface area contributed by atoms with Crippen LogP contribution in [0, 0.1) is 18.6 Å². The third-order valence-electron chi connectivity index (χ3n) is 2.86. The van der Waals surface area contributed by atoms with E-state index < -0.39 is 5.38 Å². The van der Waals surface area contributed by atoms with Gasteiger partial charge in [0.05, 0.1) is 5.38 Å². The van der Waals surface area contributed by atoms with Gasteiger partial charge in [0.25, 0.3) is 0 Å². The molecule has 18 heavy (non-hydrogen) atoms. The molecule has 2 aromatic rings. The number of hydrogen-bond donors (Lipinski definition) is 0. The summed E-state index contributed by atoms with van der Waals surface area (Å²) < 4.78 is 26.9. The van der Waals surface area contributed by atoms with Gasteiger partial charge in [0, 0.05) is 5.56 Å². The van der Waals surface area contributed by atoms with Crippen LogP contribution in [0.1, 0.15) is 22.1 Å². The molecule has 0 nitrogen and oxygen atoms in total. The minimum absolute atomic E-state index is 0.283. The van der Waals surface area contributed by atoms with Crippen LogP contribution in [0.15, 0.2) is 42.5 Å². The fourth-order valence-electron chi connectivity index (χ4n) is 1.89. The van der Waals surface area contributed by atoms with Gasteiger partial charge < -0.3 is 0 Å². The summed E-state index contributed by atoms with van der Waals surface area (Å²) in [5, 5.41) is -0.494. The average Bonchev–Trinajstić information content (AvgIpc) is 2.32. The predicted octanol–water partition coefficient (Wildman–Crippen LogP) is 4.80. The molecule has 0 amide bonds. The number of aryl methyl sites for hydroxylation is 1. The topological polar surface area (TPSA) is 0 Å². The van der Waals surface area contributed by atoms with Crippen molar-refractivity contribution in [3.8, 4) is 0 Å². The summed E-state index contributed by atoms with van der Waals surface area (Å²) >= 11 is 6.21. The highest BCUT2D eigenvalue weighted by Gasteiger charge is 2.15. The highest BCUT2D eigenvalue weighted by atomic mass is 35.5. The quantitative estimate of drug-likeness (QED) is 0.701. The lowest BCUT2D eigenvalue weighted by Crippen LogP contribution is -2.00. The number of hydrogen-bond acceptors (Lipinski definition) is 0. The second-order valence-corrected chi connectivity index (χ2v) is 4.81. The van der Waals surface area contributed by atoms with Crippen molar-refractivity contribution in [3.63, 3.8) is 0 Å². The van der Waals surface area contributed by atoms with Crippen LogP contribution in [0.2, 0.25) is 0 Å². The summed E-state index contributed by atoms with van der Waals surface area (Å²) in [6.07, 6.45) is 0.402. The third-order valence-corrected chi connectivity index (χ3v) is 3.25. The highest BCUT2D eigenvalue weighted by Crippen LogP contribution is 2.28. The Bertz CT molecular complexity index is 552. The molecule has 0 saturated heterocycles. The van der Waals surface area contributed by atoms with E-state index >= 15 is 0 Å². The Morgan fingerprint density at radius 1 is 1.11 bits per heavy atom. The molecule has 3 heteroatoms. The van der Waals surface area contributed by atoms with Crippen molar-refractivity contribution in [2.24, 2.45) is 0 Å². The molecule has 94 valence electrons. The summed E-state index contributed by atoms with van der Waals surface area (Å²) in [6, 6.07) is 11.3. The van der Waals surface area contributed by atoms with Crippen LogP contribution in [0.3, 0.4) is 0 Å². The molecule has 0 aliphatic heterocycles. The van der Waals surface area contributed by atoms with Crippen LogP contribution in [-0.2, 0) is 6.42 Å². The first-order valence-electron chi connectivity index (χ1n) is 5.71. The molecular weight excluding hydrogens is 254 g/mol. The summed E-state index contributed by atoms with van der Waals surface area (Å²) in [4.78, 5) is 0. The van der Waals surface area contributed by atoms with Gasteiger partial charge in [0.2, 0.25) is 0 Å². The molecule has 0 aliphatic rings. The third kappa shape index (κ3) is 2.88. The SMILES string of the molecule is Cc1cccc(C(Cl)Cc2cccc(F)c2)c1F. The molecule has 0 N–H and O–H groups in total. The van der Waals surface area contributed by atoms with Crippen LogP contribution in [0.4, 0.5) is 8.78 Å². The van der Waals surface area contributed by atoms with Gasteiger partial charge in [-0.3, -0.25) is 0 Å². The monoisotopic (exact) mass is 266 g/mol. The molecule has 1 atom stereocenters. The first kappa shape index (κ1) is 13.0. The molecule has 1 unspecified atom stereocenters. The normalized spacial score (nSPS) is 12.4. The van der Waals surface area contributed by atoms with E-state index in [1.54, 1.807) is 37.3 Å². The minimum Gasteiger partial charge on any atom is -0.207 e. The maximum absolute atomic E-state index is 13.9. The number of benzene rings is 2. The van der Waals surface area contributed by atoms with Gasteiger partial charge in [-0.2, -0.15) is 0 Å². The molecule has 0 heterocycles. The molecule has 0 bridgehead atoms. The number of alkyl halides is 1. The van der Waals surface area contributed by atoms with Crippen molar-refractivity contribution in [1.82, 2.24) is 0 Å². The van der Waals surface area contributed by atoms with E-state index in [2.05, 4.69) is 0 Å². The molecule has 2 rings (SSSR count). The predicted molar refractivity (Wildman–Crippen MR) is 69.8 cm³/mol. The van der Waals surface area contributed by atoms with Gasteiger partial charge in [0.1, 0.15) is 11.6 Å². The Morgan fingerprint density at radius 3 is 2.56 bits per heavy atom. The molecule has 0 radical (unpaired) electrons. The van der Waals surface area contributed by atoms with Crippen molar-refractivity contribution >= 4 is 11.6 Å². The zero-order valence-corrected chi connectivity index (χ0v) is 10.7. The van der Waals surface area contributed by atoms with E-state index in [9.17, 15) is 8.78 Å². The fourth-order valence-corrected chi connectivity index (χ4v) is 2.24. The first-order valence-corrected chi connectivity index (χ1v) is 6.15. The van der Waals surface area contributed by atoms with Gasteiger partial charge in [-0.25, -0.2) is 8.78 Å². The van der Waals surface area contributed by atoms with Crippen LogP contribution in [0.25, 0.3) is 0 Å². The van der Waals surface area contributed by atoms with Crippen molar-refractivity contribution in [1.29, 1.82) is 0 Å². The maximum Gasteiger partial charge on any atom is 0.130 e. The number of halogens is 3. The molecule has 0 aromatic heterocycles. The van der Waals surface area contributed by atoms with Crippen molar-refractivity contribution in [2.75, 3.05) is 0 Å². The van der Waals surface area contributed by atoms with Crippen LogP contribution in [0.5, 0.6) is 0 Å². The average molecular weight is 267 g/mol. The van der Waals surface area contributed by atoms with Gasteiger partial charge >= 0.3 is 0 Å². The Labute approximate surface area is 110 Å². The summed E-state index contributed by atoms with van der Waals surface area (Å²) in [5.41, 5.74) is 1.79. The van der Waals surface area contributed by atoms with Gasteiger partial charge in [-0.15, -0.1) is 11.6 Å². The van der Waals surface area contributed by atoms with E-state index in [1.807, 2.05) is 0 Å². The van der Waals surface area contributed by atoms with Crippen LogP contribution < -0.4 is 0 Å². The van der Waals surface area contributed by atoms with E-state index in [1.165, 1.54) is 12.1 Å². The Balaban J connectivity index is 2.22. The Kier molecular flexibility index (Phi) is 3.97. The lowest BCUT2D eigenvalue weighted by Gasteiger charge is -2.12. The van der Waals surface area contributed by atoms with Crippen LogP contribution >= 0.6 is 11.6 Å². The number of rotatable bonds is 3. The highest BCUT2D eigenvalue weighted by molar-refractivity contribution is 6.20. The van der Waals surface area contributed by atoms with Crippen LogP contribution in [-0.4, -0.2) is 0 Å². The molecule has 0 spiro atoms. The molecule has 2 aromatic carbocycles. The Hall–Kier alpha value is -1.41. The van der Waals surface area contributed by atoms with Crippen molar-refractivity contribution in [2.45, 2.75) is 18.7 Å². The zero-order valence-electron chi connectivity index (χ0n) is 9.96. The van der Waals surface area contributed by atoms with E-state index in [4.69, 9.17) is 11.6 Å². The van der Waals surface area contributed by atoms with E-state index in [0.717, 1.165) is 5.56 Å². The van der Waals surface area contributed by atoms with Crippen molar-refractivity contribution < 1.29 is 8.78 Å². The van der Waals surface area contributed by atoms with Gasteiger partial charge in [-0.1, -0.05) is 30.3 Å². The van der Waals surface area contributed by atoms with Crippen molar-refractivity contribution in [3.05, 3.63) is 70.8 Å². The van der Waals surface area contributed by atoms with E-state index in [0.29, 0.717) is 17.5 Å². The lowest BCUT2D eigenvalue weighted by molar-refractivity contribution is 0.596. The molecule has 0 saturated carbocycles. The second-order valence-electron chi connectivity index (χ2n) is 4.28. The van der Waals surface area contributed by atoms with Gasteiger partial charge in [-0.05, 0) is 36.6 Å². The minimum atomic E-state index is -0.494. The molecule has 0 aliphatic carbocycles. The molecular formula is C15H13ClF2. The first-order chi connectivity index (χ1) is 8.58. The van der Waals surface area contributed by atoms with E-state index in [-0.39, 0.29) is 11.6 Å². The summed E-state index contributed by atoms with van der Waals surface area (Å²) in [7, 11) is 0. The second kappa shape index (κ2) is 5.49. The summed E-state index contributed by atoms with van der Waals surface area (Å²) in [5.74, 6) is -0.588. The molecule has 0 fully saturated rings. The smallest absolute Gasteiger partial charge is 0.130 e. The zero-order chi connectivity index (χ0) is 13.1. The lowest BCUT2D eigenvalue weighted by atomic mass is 10.0. The standard InChI is InChI=1S/C15H13ClF2/c1-10-4-2-7-13(15(10)18)14(16)9-11-5-3-6-12(17)8-11/h2-8,14H,9H2,1H3. The summed E-state index contributed by atoms with van der Waals surface area (Å²) in [6.45, 7) is 1.70. The van der Waals surface area contributed by atoms with Gasteiger partial charge in [0.15, 0.2) is 0 Å². The largest absolute Gasteiger partial charge is 0.207 e.